The highest BCUT2D eigenvalue weighted by Crippen LogP contribution is 2.39. The molecule has 1 amide bonds. The van der Waals surface area contributed by atoms with E-state index in [-0.39, 0.29) is 11.4 Å². The zero-order valence-electron chi connectivity index (χ0n) is 16.0. The van der Waals surface area contributed by atoms with E-state index >= 15 is 0 Å². The Morgan fingerprint density at radius 1 is 1.27 bits per heavy atom. The number of nitrogens with one attached hydrogen (secondary N) is 1. The molecule has 0 bridgehead atoms. The quantitative estimate of drug-likeness (QED) is 0.499. The molecule has 1 unspecified atom stereocenters. The molecule has 12 heteroatoms. The maximum atomic E-state index is 14.3. The van der Waals surface area contributed by atoms with Gasteiger partial charge in [0.2, 0.25) is 12.6 Å². The van der Waals surface area contributed by atoms with Crippen molar-refractivity contribution in [3.63, 3.8) is 0 Å². The molecule has 0 radical (unpaired) electrons. The molecular weight excluding hydrogens is 408 g/mol. The first-order chi connectivity index (χ1) is 14.2. The van der Waals surface area contributed by atoms with E-state index in [1.54, 1.807) is 6.07 Å². The molecule has 1 saturated heterocycles. The Kier molecular flexibility index (Phi) is 6.22. The normalized spacial score (nSPS) is 27.6. The van der Waals surface area contributed by atoms with Crippen molar-refractivity contribution in [3.05, 3.63) is 36.0 Å². The number of methoxy groups -OCH3 is 2. The van der Waals surface area contributed by atoms with Crippen LogP contribution in [0.2, 0.25) is 0 Å². The van der Waals surface area contributed by atoms with Gasteiger partial charge in [0.1, 0.15) is 23.4 Å². The van der Waals surface area contributed by atoms with Gasteiger partial charge in [0, 0.05) is 17.8 Å². The molecule has 4 N–H and O–H groups in total. The number of alkyl halides is 2. The largest absolute Gasteiger partial charge is 0.497 e. The summed E-state index contributed by atoms with van der Waals surface area (Å²) < 4.78 is 43.7. The smallest absolute Gasteiger partial charge is 0.319 e. The Hall–Kier alpha value is -2.80. The highest BCUT2D eigenvalue weighted by atomic mass is 19.3. The summed E-state index contributed by atoms with van der Waals surface area (Å²) in [5, 5.41) is 31.3. The van der Waals surface area contributed by atoms with E-state index in [1.807, 2.05) is 0 Å². The molecule has 1 aromatic rings. The van der Waals surface area contributed by atoms with Crippen LogP contribution in [0.25, 0.3) is 0 Å². The number of aliphatic hydroxyl groups excluding tert-OH is 3. The lowest BCUT2D eigenvalue weighted by molar-refractivity contribution is -0.186. The molecule has 0 spiro atoms. The number of rotatable bonds is 5. The predicted molar refractivity (Wildman–Crippen MR) is 98.1 cm³/mol. The number of halogens is 2. The van der Waals surface area contributed by atoms with Crippen molar-refractivity contribution in [2.24, 2.45) is 4.99 Å². The Bertz CT molecular complexity index is 842. The Morgan fingerprint density at radius 2 is 1.90 bits per heavy atom. The number of hydrogen-bond donors (Lipinski definition) is 4. The van der Waals surface area contributed by atoms with Crippen LogP contribution in [0.3, 0.4) is 0 Å². The van der Waals surface area contributed by atoms with Crippen LogP contribution in [-0.2, 0) is 4.74 Å². The zero-order chi connectivity index (χ0) is 22.1. The number of ether oxygens (including phenoxy) is 3. The van der Waals surface area contributed by atoms with Gasteiger partial charge in [-0.15, -0.1) is 0 Å². The van der Waals surface area contributed by atoms with Crippen LogP contribution in [0.4, 0.5) is 8.78 Å². The molecule has 2 aliphatic heterocycles. The number of carbonyl (C=O) groups is 1. The van der Waals surface area contributed by atoms with Crippen LogP contribution in [0.5, 0.6) is 11.5 Å². The fourth-order valence-corrected chi connectivity index (χ4v) is 3.00. The van der Waals surface area contributed by atoms with E-state index in [2.05, 4.69) is 10.3 Å². The molecule has 1 aromatic carbocycles. The van der Waals surface area contributed by atoms with Crippen LogP contribution in [-0.4, -0.2) is 83.5 Å². The lowest BCUT2D eigenvalue weighted by Gasteiger charge is -2.34. The van der Waals surface area contributed by atoms with E-state index in [4.69, 9.17) is 19.3 Å². The second-order valence-electron chi connectivity index (χ2n) is 6.51. The van der Waals surface area contributed by atoms with Crippen LogP contribution >= 0.6 is 0 Å². The molecule has 2 heterocycles. The third kappa shape index (κ3) is 4.07. The number of benzene rings is 1. The van der Waals surface area contributed by atoms with E-state index in [0.29, 0.717) is 16.4 Å². The van der Waals surface area contributed by atoms with E-state index in [1.165, 1.54) is 32.4 Å². The summed E-state index contributed by atoms with van der Waals surface area (Å²) in [5.41, 5.74) is 0.179. The Labute approximate surface area is 170 Å². The number of nitrogens with zero attached hydrogens (tertiary/aromatic N) is 2. The topological polar surface area (TPSA) is 133 Å². The minimum absolute atomic E-state index is 0.0916. The zero-order valence-corrected chi connectivity index (χ0v) is 16.0. The van der Waals surface area contributed by atoms with Gasteiger partial charge in [0.05, 0.1) is 20.8 Å². The van der Waals surface area contributed by atoms with Crippen LogP contribution < -0.4 is 14.8 Å². The maximum Gasteiger partial charge on any atom is 0.319 e. The van der Waals surface area contributed by atoms with Gasteiger partial charge < -0.3 is 39.7 Å². The lowest BCUT2D eigenvalue weighted by Crippen LogP contribution is -2.52. The fourth-order valence-electron chi connectivity index (χ4n) is 3.00. The number of amides is 1. The number of amidine groups is 1. The lowest BCUT2D eigenvalue weighted by atomic mass is 10.1. The maximum absolute atomic E-state index is 14.3. The molecule has 4 atom stereocenters. The van der Waals surface area contributed by atoms with Crippen molar-refractivity contribution in [1.82, 2.24) is 10.2 Å². The van der Waals surface area contributed by atoms with Crippen LogP contribution in [0.15, 0.2) is 35.5 Å². The van der Waals surface area contributed by atoms with E-state index in [9.17, 15) is 23.8 Å². The first-order valence-electron chi connectivity index (χ1n) is 8.79. The van der Waals surface area contributed by atoms with Gasteiger partial charge >= 0.3 is 5.92 Å². The second-order valence-corrected chi connectivity index (χ2v) is 6.51. The standard InChI is InChI=1S/C18H21F2N3O7/c1-28-10-5-9(6-11(7-10)29-2)15(26)21-13-3-4-23(17(27)22-13)16-18(19,20)14(25)12(8-24)30-16/h3-7,12,14,16-17,24-25,27H,8H2,1-2H3,(H,21,22,26)/t12-,14-,16-,17?/m1/s1. The molecule has 0 aliphatic carbocycles. The van der Waals surface area contributed by atoms with Crippen LogP contribution in [0, 0.1) is 0 Å². The molecule has 164 valence electrons. The number of carbonyl (C=O) groups excluding carboxylic acids is 1. The molecule has 1 fully saturated rings. The highest BCUT2D eigenvalue weighted by molar-refractivity contribution is 6.10. The Balaban J connectivity index is 1.73. The summed E-state index contributed by atoms with van der Waals surface area (Å²) in [6.07, 6.45) is -5.42. The van der Waals surface area contributed by atoms with Crippen molar-refractivity contribution in [2.75, 3.05) is 20.8 Å². The third-order valence-corrected chi connectivity index (χ3v) is 4.61. The number of hydrogen-bond acceptors (Lipinski definition) is 9. The molecule has 2 aliphatic rings. The highest BCUT2D eigenvalue weighted by Gasteiger charge is 2.61. The van der Waals surface area contributed by atoms with E-state index < -0.39 is 43.2 Å². The summed E-state index contributed by atoms with van der Waals surface area (Å²) in [4.78, 5) is 16.9. The van der Waals surface area contributed by atoms with Crippen LogP contribution in [0.1, 0.15) is 10.4 Å². The summed E-state index contributed by atoms with van der Waals surface area (Å²) in [6, 6.07) is 4.49. The van der Waals surface area contributed by atoms with Gasteiger partial charge in [-0.25, -0.2) is 4.99 Å². The number of aliphatic imine (C=N–C) groups is 1. The monoisotopic (exact) mass is 429 g/mol. The minimum atomic E-state index is -3.77. The van der Waals surface area contributed by atoms with Gasteiger partial charge in [0.15, 0.2) is 6.10 Å². The van der Waals surface area contributed by atoms with Crippen molar-refractivity contribution in [2.45, 2.75) is 30.7 Å². The van der Waals surface area contributed by atoms with Gasteiger partial charge in [-0.05, 0) is 18.2 Å². The summed E-state index contributed by atoms with van der Waals surface area (Å²) in [7, 11) is 2.85. The first kappa shape index (κ1) is 21.9. The first-order valence-corrected chi connectivity index (χ1v) is 8.79. The Morgan fingerprint density at radius 3 is 2.40 bits per heavy atom. The minimum Gasteiger partial charge on any atom is -0.497 e. The third-order valence-electron chi connectivity index (χ3n) is 4.61. The van der Waals surface area contributed by atoms with Crippen molar-refractivity contribution in [1.29, 1.82) is 0 Å². The van der Waals surface area contributed by atoms with Gasteiger partial charge in [-0.2, -0.15) is 8.78 Å². The molecule has 0 aromatic heterocycles. The average molecular weight is 429 g/mol. The summed E-state index contributed by atoms with van der Waals surface area (Å²) in [5.74, 6) is -3.71. The molecule has 30 heavy (non-hydrogen) atoms. The van der Waals surface area contributed by atoms with Crippen molar-refractivity contribution < 1.29 is 43.1 Å². The predicted octanol–water partition coefficient (Wildman–Crippen LogP) is -0.349. The molecule has 3 rings (SSSR count). The molecular formula is C18H21F2N3O7. The van der Waals surface area contributed by atoms with Gasteiger partial charge in [0.25, 0.3) is 5.91 Å². The second kappa shape index (κ2) is 8.52. The SMILES string of the molecule is COc1cc(OC)cc(C(=O)NC2=NC(O)N([C@@H]3O[C@H](CO)[C@@H](O)C3(F)F)C=C2)c1. The van der Waals surface area contributed by atoms with Crippen molar-refractivity contribution >= 4 is 11.7 Å². The fraction of sp³-hybridized carbons (Fsp3) is 0.444. The van der Waals surface area contributed by atoms with Crippen molar-refractivity contribution in [3.8, 4) is 11.5 Å². The molecule has 0 saturated carbocycles. The molecule has 10 nitrogen and oxygen atoms in total. The summed E-state index contributed by atoms with van der Waals surface area (Å²) >= 11 is 0. The number of aliphatic hydroxyl groups is 3. The average Bonchev–Trinajstić information content (AvgIpc) is 2.96. The van der Waals surface area contributed by atoms with Gasteiger partial charge in [-0.1, -0.05) is 0 Å². The van der Waals surface area contributed by atoms with Gasteiger partial charge in [-0.3, -0.25) is 4.79 Å². The summed E-state index contributed by atoms with van der Waals surface area (Å²) in [6.45, 7) is -0.824. The van der Waals surface area contributed by atoms with E-state index in [0.717, 1.165) is 6.20 Å².